The van der Waals surface area contributed by atoms with E-state index in [4.69, 9.17) is 0 Å². The summed E-state index contributed by atoms with van der Waals surface area (Å²) in [6.45, 7) is 2.28. The maximum Gasteiger partial charge on any atom is 0.261 e. The van der Waals surface area contributed by atoms with Crippen molar-refractivity contribution in [2.45, 2.75) is 32.2 Å². The molecule has 0 aliphatic carbocycles. The van der Waals surface area contributed by atoms with Gasteiger partial charge in [-0.25, -0.2) is 0 Å². The predicted octanol–water partition coefficient (Wildman–Crippen LogP) is 4.19. The van der Waals surface area contributed by atoms with Gasteiger partial charge in [0, 0.05) is 41.2 Å². The van der Waals surface area contributed by atoms with Crippen molar-refractivity contribution < 1.29 is 14.4 Å². The van der Waals surface area contributed by atoms with Crippen LogP contribution in [-0.2, 0) is 11.2 Å². The molecule has 0 spiro atoms. The monoisotopic (exact) mass is 398 g/mol. The number of para-hydroxylation sites is 1. The minimum Gasteiger partial charge on any atom is -0.309 e. The number of hydrogen-bond acceptors (Lipinski definition) is 3. The average molecular weight is 398 g/mol. The molecule has 3 aromatic carbocycles. The SMILES string of the molecule is C[C@@H]1Cc2ccccc2N1C(=O)CCCN1C(=O)c2cccc3cccc(c23)C1=O. The van der Waals surface area contributed by atoms with Crippen molar-refractivity contribution in [1.29, 1.82) is 0 Å². The molecule has 0 bridgehead atoms. The van der Waals surface area contributed by atoms with Crippen molar-refractivity contribution in [3.8, 4) is 0 Å². The van der Waals surface area contributed by atoms with Gasteiger partial charge in [-0.15, -0.1) is 0 Å². The summed E-state index contributed by atoms with van der Waals surface area (Å²) >= 11 is 0. The fourth-order valence-electron chi connectivity index (χ4n) is 4.74. The van der Waals surface area contributed by atoms with Crippen molar-refractivity contribution in [3.05, 3.63) is 77.4 Å². The molecule has 2 aliphatic rings. The largest absolute Gasteiger partial charge is 0.309 e. The van der Waals surface area contributed by atoms with Crippen LogP contribution in [0.4, 0.5) is 5.69 Å². The molecule has 150 valence electrons. The maximum atomic E-state index is 13.0. The zero-order valence-corrected chi connectivity index (χ0v) is 16.8. The molecule has 0 aromatic heterocycles. The van der Waals surface area contributed by atoms with Crippen LogP contribution >= 0.6 is 0 Å². The Morgan fingerprint density at radius 3 is 2.30 bits per heavy atom. The molecule has 5 nitrogen and oxygen atoms in total. The van der Waals surface area contributed by atoms with E-state index < -0.39 is 0 Å². The highest BCUT2D eigenvalue weighted by Gasteiger charge is 2.33. The summed E-state index contributed by atoms with van der Waals surface area (Å²) in [6, 6.07) is 19.1. The van der Waals surface area contributed by atoms with Gasteiger partial charge in [-0.3, -0.25) is 19.3 Å². The standard InChI is InChI=1S/C25H22N2O3/c1-16-15-18-7-2-3-12-21(18)27(16)22(28)13-6-14-26-24(29)19-10-4-8-17-9-5-11-20(23(17)19)25(26)30/h2-5,7-12,16H,6,13-15H2,1H3/t16-/m1/s1. The van der Waals surface area contributed by atoms with Gasteiger partial charge in [-0.2, -0.15) is 0 Å². The second-order valence-corrected chi connectivity index (χ2v) is 8.02. The van der Waals surface area contributed by atoms with Crippen molar-refractivity contribution in [2.24, 2.45) is 0 Å². The van der Waals surface area contributed by atoms with E-state index in [1.165, 1.54) is 10.5 Å². The molecule has 0 radical (unpaired) electrons. The quantitative estimate of drug-likeness (QED) is 0.619. The molecule has 2 heterocycles. The molecule has 0 fully saturated rings. The third kappa shape index (κ3) is 2.81. The molecule has 0 saturated carbocycles. The summed E-state index contributed by atoms with van der Waals surface area (Å²) in [7, 11) is 0. The third-order valence-corrected chi connectivity index (χ3v) is 6.10. The van der Waals surface area contributed by atoms with E-state index in [0.29, 0.717) is 24.0 Å². The van der Waals surface area contributed by atoms with E-state index in [1.54, 1.807) is 12.1 Å². The van der Waals surface area contributed by atoms with Crippen LogP contribution in [0.1, 0.15) is 46.0 Å². The van der Waals surface area contributed by atoms with Gasteiger partial charge >= 0.3 is 0 Å². The Morgan fingerprint density at radius 1 is 0.933 bits per heavy atom. The molecule has 30 heavy (non-hydrogen) atoms. The summed E-state index contributed by atoms with van der Waals surface area (Å²) in [4.78, 5) is 42.0. The number of fused-ring (bicyclic) bond motifs is 1. The molecule has 2 aliphatic heterocycles. The number of imide groups is 1. The summed E-state index contributed by atoms with van der Waals surface area (Å²) in [5, 5.41) is 1.62. The fraction of sp³-hybridized carbons (Fsp3) is 0.240. The van der Waals surface area contributed by atoms with E-state index >= 15 is 0 Å². The van der Waals surface area contributed by atoms with Gasteiger partial charge in [0.1, 0.15) is 0 Å². The Labute approximate surface area is 174 Å². The first-order valence-corrected chi connectivity index (χ1v) is 10.3. The molecule has 5 rings (SSSR count). The molecular weight excluding hydrogens is 376 g/mol. The van der Waals surface area contributed by atoms with Crippen LogP contribution in [0.3, 0.4) is 0 Å². The molecular formula is C25H22N2O3. The summed E-state index contributed by atoms with van der Waals surface area (Å²) in [5.74, 6) is -0.528. The Kier molecular flexibility index (Phi) is 4.39. The van der Waals surface area contributed by atoms with Crippen LogP contribution in [-0.4, -0.2) is 35.2 Å². The summed E-state index contributed by atoms with van der Waals surface area (Å²) in [5.41, 5.74) is 3.26. The lowest BCUT2D eigenvalue weighted by atomic mass is 9.94. The normalized spacial score (nSPS) is 17.6. The minimum atomic E-state index is -0.281. The lowest BCUT2D eigenvalue weighted by molar-refractivity contribution is -0.119. The van der Waals surface area contributed by atoms with Gasteiger partial charge in [0.15, 0.2) is 0 Å². The smallest absolute Gasteiger partial charge is 0.261 e. The average Bonchev–Trinajstić information content (AvgIpc) is 3.10. The molecule has 0 saturated heterocycles. The Bertz CT molecular complexity index is 1150. The third-order valence-electron chi connectivity index (χ3n) is 6.10. The zero-order valence-electron chi connectivity index (χ0n) is 16.8. The van der Waals surface area contributed by atoms with Crippen LogP contribution in [0, 0.1) is 0 Å². The first kappa shape index (κ1) is 18.6. The molecule has 5 heteroatoms. The number of carbonyl (C=O) groups is 3. The molecule has 0 unspecified atom stereocenters. The van der Waals surface area contributed by atoms with Crippen LogP contribution in [0.2, 0.25) is 0 Å². The summed E-state index contributed by atoms with van der Waals surface area (Å²) in [6.07, 6.45) is 1.59. The lowest BCUT2D eigenvalue weighted by Crippen LogP contribution is -2.41. The molecule has 0 N–H and O–H groups in total. The van der Waals surface area contributed by atoms with Gasteiger partial charge in [-0.05, 0) is 48.9 Å². The number of carbonyl (C=O) groups excluding carboxylic acids is 3. The molecule has 3 aromatic rings. The first-order chi connectivity index (χ1) is 14.6. The van der Waals surface area contributed by atoms with E-state index in [0.717, 1.165) is 22.9 Å². The topological polar surface area (TPSA) is 57.7 Å². The Hall–Kier alpha value is -3.47. The van der Waals surface area contributed by atoms with Crippen molar-refractivity contribution in [3.63, 3.8) is 0 Å². The van der Waals surface area contributed by atoms with Gasteiger partial charge in [0.2, 0.25) is 5.91 Å². The van der Waals surface area contributed by atoms with Gasteiger partial charge in [0.25, 0.3) is 11.8 Å². The highest BCUT2D eigenvalue weighted by atomic mass is 16.2. The van der Waals surface area contributed by atoms with Crippen molar-refractivity contribution in [1.82, 2.24) is 4.90 Å². The number of benzene rings is 3. The predicted molar refractivity (Wildman–Crippen MR) is 116 cm³/mol. The number of amides is 3. The highest BCUT2D eigenvalue weighted by Crippen LogP contribution is 2.33. The van der Waals surface area contributed by atoms with E-state index in [1.807, 2.05) is 54.3 Å². The second-order valence-electron chi connectivity index (χ2n) is 8.02. The van der Waals surface area contributed by atoms with E-state index in [2.05, 4.69) is 6.07 Å². The highest BCUT2D eigenvalue weighted by molar-refractivity contribution is 6.25. The van der Waals surface area contributed by atoms with Crippen LogP contribution in [0.15, 0.2) is 60.7 Å². The van der Waals surface area contributed by atoms with Gasteiger partial charge in [0.05, 0.1) is 0 Å². The van der Waals surface area contributed by atoms with Crippen LogP contribution in [0.25, 0.3) is 10.8 Å². The number of nitrogens with zero attached hydrogens (tertiary/aromatic N) is 2. The van der Waals surface area contributed by atoms with Gasteiger partial charge < -0.3 is 4.90 Å². The Morgan fingerprint density at radius 2 is 1.60 bits per heavy atom. The summed E-state index contributed by atoms with van der Waals surface area (Å²) < 4.78 is 0. The Balaban J connectivity index is 1.31. The second kappa shape index (κ2) is 7.10. The van der Waals surface area contributed by atoms with E-state index in [9.17, 15) is 14.4 Å². The number of rotatable bonds is 4. The van der Waals surface area contributed by atoms with Crippen LogP contribution in [0.5, 0.6) is 0 Å². The van der Waals surface area contributed by atoms with Gasteiger partial charge in [-0.1, -0.05) is 42.5 Å². The molecule has 3 amide bonds. The lowest BCUT2D eigenvalue weighted by Gasteiger charge is -2.28. The number of hydrogen-bond donors (Lipinski definition) is 0. The van der Waals surface area contributed by atoms with Crippen LogP contribution < -0.4 is 4.90 Å². The maximum absolute atomic E-state index is 13.0. The molecule has 1 atom stereocenters. The van der Waals surface area contributed by atoms with E-state index in [-0.39, 0.29) is 30.3 Å². The van der Waals surface area contributed by atoms with Crippen molar-refractivity contribution >= 4 is 34.2 Å². The zero-order chi connectivity index (χ0) is 20.8. The first-order valence-electron chi connectivity index (χ1n) is 10.3. The minimum absolute atomic E-state index is 0.0341. The van der Waals surface area contributed by atoms with Crippen molar-refractivity contribution in [2.75, 3.05) is 11.4 Å². The fourth-order valence-corrected chi connectivity index (χ4v) is 4.74. The number of anilines is 1.